The van der Waals surface area contributed by atoms with Crippen LogP contribution >= 0.6 is 0 Å². The summed E-state index contributed by atoms with van der Waals surface area (Å²) in [5.41, 5.74) is 1.27. The molecule has 2 fully saturated rings. The Hall–Kier alpha value is -1.35. The Bertz CT molecular complexity index is 417. The number of carbonyl (C=O) groups is 1. The Labute approximate surface area is 101 Å². The van der Waals surface area contributed by atoms with Crippen LogP contribution in [0.25, 0.3) is 0 Å². The van der Waals surface area contributed by atoms with E-state index in [2.05, 4.69) is 12.1 Å². The van der Waals surface area contributed by atoms with Crippen molar-refractivity contribution in [1.82, 2.24) is 4.90 Å². The van der Waals surface area contributed by atoms with E-state index in [4.69, 9.17) is 0 Å². The number of amides is 1. The van der Waals surface area contributed by atoms with Gasteiger partial charge in [-0.1, -0.05) is 30.3 Å². The van der Waals surface area contributed by atoms with Crippen molar-refractivity contribution < 1.29 is 9.90 Å². The lowest BCUT2D eigenvalue weighted by atomic mass is 10.1. The van der Waals surface area contributed by atoms with E-state index in [0.717, 1.165) is 19.4 Å². The van der Waals surface area contributed by atoms with Gasteiger partial charge in [-0.25, -0.2) is 0 Å². The molecule has 1 amide bonds. The van der Waals surface area contributed by atoms with Crippen LogP contribution in [0.2, 0.25) is 0 Å². The van der Waals surface area contributed by atoms with E-state index in [0.29, 0.717) is 12.5 Å². The molecule has 1 saturated carbocycles. The molecule has 1 aliphatic heterocycles. The van der Waals surface area contributed by atoms with Crippen molar-refractivity contribution in [2.24, 2.45) is 5.92 Å². The zero-order valence-electron chi connectivity index (χ0n) is 9.75. The van der Waals surface area contributed by atoms with Crippen LogP contribution in [0, 0.1) is 5.92 Å². The molecule has 17 heavy (non-hydrogen) atoms. The molecule has 3 atom stereocenters. The Morgan fingerprint density at radius 2 is 2.06 bits per heavy atom. The quantitative estimate of drug-likeness (QED) is 0.835. The first-order valence-corrected chi connectivity index (χ1v) is 6.27. The van der Waals surface area contributed by atoms with Gasteiger partial charge < -0.3 is 10.0 Å². The second-order valence-electron chi connectivity index (χ2n) is 5.09. The fourth-order valence-corrected chi connectivity index (χ4v) is 2.71. The van der Waals surface area contributed by atoms with Crippen LogP contribution in [-0.2, 0) is 4.79 Å². The van der Waals surface area contributed by atoms with Crippen molar-refractivity contribution in [2.75, 3.05) is 13.1 Å². The zero-order chi connectivity index (χ0) is 11.8. The molecule has 1 aliphatic carbocycles. The molecule has 1 aromatic rings. The predicted octanol–water partition coefficient (Wildman–Crippen LogP) is 1.38. The van der Waals surface area contributed by atoms with Crippen molar-refractivity contribution in [3.05, 3.63) is 35.9 Å². The smallest absolute Gasteiger partial charge is 0.226 e. The fourth-order valence-electron chi connectivity index (χ4n) is 2.71. The summed E-state index contributed by atoms with van der Waals surface area (Å²) >= 11 is 0. The predicted molar refractivity (Wildman–Crippen MR) is 64.5 cm³/mol. The zero-order valence-corrected chi connectivity index (χ0v) is 9.75. The van der Waals surface area contributed by atoms with Crippen molar-refractivity contribution in [2.45, 2.75) is 24.9 Å². The van der Waals surface area contributed by atoms with Gasteiger partial charge in [0, 0.05) is 19.0 Å². The average Bonchev–Trinajstić information content (AvgIpc) is 3.05. The number of nitrogens with zero attached hydrogens (tertiary/aromatic N) is 1. The molecule has 0 radical (unpaired) electrons. The highest BCUT2D eigenvalue weighted by Crippen LogP contribution is 2.48. The maximum absolute atomic E-state index is 12.2. The van der Waals surface area contributed by atoms with Gasteiger partial charge in [0.1, 0.15) is 0 Å². The molecule has 0 aromatic heterocycles. The van der Waals surface area contributed by atoms with E-state index in [1.165, 1.54) is 5.56 Å². The summed E-state index contributed by atoms with van der Waals surface area (Å²) in [4.78, 5) is 14.0. The molecule has 1 aromatic carbocycles. The van der Waals surface area contributed by atoms with Gasteiger partial charge in [0.05, 0.1) is 6.10 Å². The molecular weight excluding hydrogens is 214 g/mol. The fraction of sp³-hybridized carbons (Fsp3) is 0.500. The molecular formula is C14H17NO2. The number of hydrogen-bond donors (Lipinski definition) is 1. The lowest BCUT2D eigenvalue weighted by molar-refractivity contribution is -0.131. The van der Waals surface area contributed by atoms with E-state index in [1.54, 1.807) is 0 Å². The van der Waals surface area contributed by atoms with Crippen molar-refractivity contribution in [3.8, 4) is 0 Å². The summed E-state index contributed by atoms with van der Waals surface area (Å²) in [7, 11) is 0. The first-order valence-electron chi connectivity index (χ1n) is 6.27. The molecule has 3 nitrogen and oxygen atoms in total. The van der Waals surface area contributed by atoms with Crippen molar-refractivity contribution in [1.29, 1.82) is 0 Å². The molecule has 0 bridgehead atoms. The number of benzene rings is 1. The summed E-state index contributed by atoms with van der Waals surface area (Å²) in [6.45, 7) is 1.24. The van der Waals surface area contributed by atoms with Crippen LogP contribution in [0.3, 0.4) is 0 Å². The van der Waals surface area contributed by atoms with E-state index in [9.17, 15) is 9.90 Å². The summed E-state index contributed by atoms with van der Waals surface area (Å²) in [5, 5.41) is 9.44. The van der Waals surface area contributed by atoms with Gasteiger partial charge in [0.15, 0.2) is 0 Å². The van der Waals surface area contributed by atoms with Gasteiger partial charge in [-0.2, -0.15) is 0 Å². The van der Waals surface area contributed by atoms with Gasteiger partial charge in [0.25, 0.3) is 0 Å². The average molecular weight is 231 g/mol. The highest BCUT2D eigenvalue weighted by Gasteiger charge is 2.46. The van der Waals surface area contributed by atoms with Gasteiger partial charge in [0.2, 0.25) is 5.91 Å². The van der Waals surface area contributed by atoms with Crippen LogP contribution in [-0.4, -0.2) is 35.1 Å². The van der Waals surface area contributed by atoms with E-state index >= 15 is 0 Å². The molecule has 90 valence electrons. The van der Waals surface area contributed by atoms with E-state index in [-0.39, 0.29) is 17.9 Å². The number of aliphatic hydroxyl groups excluding tert-OH is 1. The largest absolute Gasteiger partial charge is 0.391 e. The standard InChI is InChI=1S/C14H17NO2/c16-11-6-7-15(9-11)14(17)13-8-12(13)10-4-2-1-3-5-10/h1-5,11-13,16H,6-9H2/t11-,12?,13?/m0/s1. The minimum atomic E-state index is -0.312. The third kappa shape index (κ3) is 2.07. The van der Waals surface area contributed by atoms with Crippen LogP contribution in [0.15, 0.2) is 30.3 Å². The molecule has 0 spiro atoms. The lowest BCUT2D eigenvalue weighted by Crippen LogP contribution is -2.31. The third-order valence-electron chi connectivity index (χ3n) is 3.81. The first kappa shape index (κ1) is 10.8. The molecule has 1 N–H and O–H groups in total. The molecule has 3 rings (SSSR count). The summed E-state index contributed by atoms with van der Waals surface area (Å²) in [6, 6.07) is 10.2. The third-order valence-corrected chi connectivity index (χ3v) is 3.81. The van der Waals surface area contributed by atoms with Crippen LogP contribution in [0.1, 0.15) is 24.3 Å². The second-order valence-corrected chi connectivity index (χ2v) is 5.09. The SMILES string of the molecule is O=C(C1CC1c1ccccc1)N1CC[C@H](O)C1. The van der Waals surface area contributed by atoms with Crippen LogP contribution in [0.5, 0.6) is 0 Å². The number of aliphatic hydroxyl groups is 1. The van der Waals surface area contributed by atoms with Gasteiger partial charge >= 0.3 is 0 Å². The Kier molecular flexibility index (Phi) is 2.63. The molecule has 3 heteroatoms. The first-order chi connectivity index (χ1) is 8.25. The van der Waals surface area contributed by atoms with Gasteiger partial charge in [-0.05, 0) is 24.3 Å². The maximum Gasteiger partial charge on any atom is 0.226 e. The number of β-amino-alcohol motifs (C(OH)–C–C–N with tert-alkyl or cyclic N) is 1. The number of rotatable bonds is 2. The number of hydrogen-bond acceptors (Lipinski definition) is 2. The Morgan fingerprint density at radius 1 is 1.29 bits per heavy atom. The summed E-state index contributed by atoms with van der Waals surface area (Å²) < 4.78 is 0. The second kappa shape index (κ2) is 4.15. The highest BCUT2D eigenvalue weighted by molar-refractivity contribution is 5.83. The lowest BCUT2D eigenvalue weighted by Gasteiger charge is -2.15. The maximum atomic E-state index is 12.2. The minimum Gasteiger partial charge on any atom is -0.391 e. The number of carbonyl (C=O) groups excluding carboxylic acids is 1. The minimum absolute atomic E-state index is 0.155. The molecule has 2 aliphatic rings. The summed E-state index contributed by atoms with van der Waals surface area (Å²) in [6.07, 6.45) is 1.39. The van der Waals surface area contributed by atoms with E-state index in [1.807, 2.05) is 23.1 Å². The Morgan fingerprint density at radius 3 is 2.71 bits per heavy atom. The molecule has 1 saturated heterocycles. The van der Waals surface area contributed by atoms with E-state index < -0.39 is 0 Å². The van der Waals surface area contributed by atoms with Crippen LogP contribution in [0.4, 0.5) is 0 Å². The van der Waals surface area contributed by atoms with Gasteiger partial charge in [-0.15, -0.1) is 0 Å². The highest BCUT2D eigenvalue weighted by atomic mass is 16.3. The number of likely N-dealkylation sites (tertiary alicyclic amines) is 1. The normalized spacial score (nSPS) is 31.6. The van der Waals surface area contributed by atoms with Crippen molar-refractivity contribution >= 4 is 5.91 Å². The molecule has 2 unspecified atom stereocenters. The topological polar surface area (TPSA) is 40.5 Å². The van der Waals surface area contributed by atoms with Crippen LogP contribution < -0.4 is 0 Å². The monoisotopic (exact) mass is 231 g/mol. The summed E-state index contributed by atoms with van der Waals surface area (Å²) in [5.74, 6) is 0.791. The van der Waals surface area contributed by atoms with Gasteiger partial charge in [-0.3, -0.25) is 4.79 Å². The molecule has 1 heterocycles. The Balaban J connectivity index is 1.63. The van der Waals surface area contributed by atoms with Crippen molar-refractivity contribution in [3.63, 3.8) is 0 Å².